The summed E-state index contributed by atoms with van der Waals surface area (Å²) in [5.41, 5.74) is 0.439. The lowest BCUT2D eigenvalue weighted by molar-refractivity contribution is -0.145. The van der Waals surface area contributed by atoms with E-state index in [1.54, 1.807) is 0 Å². The van der Waals surface area contributed by atoms with Crippen molar-refractivity contribution in [1.82, 2.24) is 20.2 Å². The van der Waals surface area contributed by atoms with Crippen LogP contribution in [-0.2, 0) is 14.3 Å². The second-order valence-electron chi connectivity index (χ2n) is 4.38. The molecule has 0 aromatic carbocycles. The van der Waals surface area contributed by atoms with E-state index < -0.39 is 11.9 Å². The number of aromatic nitrogens is 4. The molecule has 20 heavy (non-hydrogen) atoms. The summed E-state index contributed by atoms with van der Waals surface area (Å²) in [5.74, 6) is -1.01. The summed E-state index contributed by atoms with van der Waals surface area (Å²) in [7, 11) is 1.29. The molecule has 0 spiro atoms. The highest BCUT2D eigenvalue weighted by Gasteiger charge is 2.37. The Hall–Kier alpha value is -2.22. The zero-order chi connectivity index (χ0) is 14.3. The van der Waals surface area contributed by atoms with E-state index in [2.05, 4.69) is 24.9 Å². The number of halogens is 1. The lowest BCUT2D eigenvalue weighted by atomic mass is 10.1. The van der Waals surface area contributed by atoms with Gasteiger partial charge in [-0.2, -0.15) is 15.1 Å². The molecule has 8 nitrogen and oxygen atoms in total. The van der Waals surface area contributed by atoms with Crippen LogP contribution in [0.25, 0.3) is 11.0 Å². The SMILES string of the molecule is COC(=O)C1CC(=O)N(c2nc(Cl)c3cn[nH]c3n2)C1. The number of nitrogens with zero attached hydrogens (tertiary/aromatic N) is 4. The van der Waals surface area contributed by atoms with Crippen LogP contribution in [0.1, 0.15) is 6.42 Å². The molecule has 2 aromatic heterocycles. The highest BCUT2D eigenvalue weighted by Crippen LogP contribution is 2.26. The van der Waals surface area contributed by atoms with Crippen LogP contribution in [0.2, 0.25) is 5.15 Å². The Morgan fingerprint density at radius 3 is 3.10 bits per heavy atom. The van der Waals surface area contributed by atoms with E-state index in [0.29, 0.717) is 11.0 Å². The van der Waals surface area contributed by atoms with E-state index in [1.165, 1.54) is 18.2 Å². The van der Waals surface area contributed by atoms with Crippen LogP contribution in [0, 0.1) is 5.92 Å². The topological polar surface area (TPSA) is 101 Å². The third-order valence-corrected chi connectivity index (χ3v) is 3.44. The molecule has 9 heteroatoms. The summed E-state index contributed by atoms with van der Waals surface area (Å²) in [4.78, 5) is 33.0. The van der Waals surface area contributed by atoms with Gasteiger partial charge in [-0.25, -0.2) is 0 Å². The van der Waals surface area contributed by atoms with Gasteiger partial charge in [0.05, 0.1) is 24.6 Å². The number of aromatic amines is 1. The van der Waals surface area contributed by atoms with Crippen LogP contribution < -0.4 is 4.90 Å². The number of hydrogen-bond acceptors (Lipinski definition) is 6. The van der Waals surface area contributed by atoms with Gasteiger partial charge in [-0.05, 0) is 0 Å². The standard InChI is InChI=1S/C11H10ClN5O3/c1-20-10(19)5-2-7(18)17(4-5)11-14-8(12)6-3-13-16-9(6)15-11/h3,5H,2,4H2,1H3,(H,13,14,15,16). The van der Waals surface area contributed by atoms with Crippen molar-refractivity contribution in [1.29, 1.82) is 0 Å². The van der Waals surface area contributed by atoms with Gasteiger partial charge in [0.2, 0.25) is 11.9 Å². The fourth-order valence-electron chi connectivity index (χ4n) is 2.13. The number of esters is 1. The first-order valence-electron chi connectivity index (χ1n) is 5.85. The summed E-state index contributed by atoms with van der Waals surface area (Å²) >= 11 is 6.02. The number of carbonyl (C=O) groups is 2. The maximum Gasteiger partial charge on any atom is 0.311 e. The molecule has 3 rings (SSSR count). The molecule has 1 unspecified atom stereocenters. The third-order valence-electron chi connectivity index (χ3n) is 3.15. The van der Waals surface area contributed by atoms with Crippen molar-refractivity contribution >= 4 is 40.5 Å². The third kappa shape index (κ3) is 1.97. The molecule has 0 bridgehead atoms. The Balaban J connectivity index is 1.95. The number of H-pyrrole nitrogens is 1. The number of rotatable bonds is 2. The average Bonchev–Trinajstić information content (AvgIpc) is 3.04. The van der Waals surface area contributed by atoms with Crippen LogP contribution in [0.15, 0.2) is 6.20 Å². The number of anilines is 1. The quantitative estimate of drug-likeness (QED) is 0.641. The Morgan fingerprint density at radius 2 is 2.35 bits per heavy atom. The Kier molecular flexibility index (Phi) is 3.01. The lowest BCUT2D eigenvalue weighted by Crippen LogP contribution is -2.28. The molecule has 0 saturated carbocycles. The van der Waals surface area contributed by atoms with E-state index >= 15 is 0 Å². The minimum atomic E-state index is -0.507. The summed E-state index contributed by atoms with van der Waals surface area (Å²) in [5, 5.41) is 7.26. The molecule has 1 saturated heterocycles. The Labute approximate surface area is 118 Å². The molecule has 1 fully saturated rings. The van der Waals surface area contributed by atoms with E-state index in [9.17, 15) is 9.59 Å². The van der Waals surface area contributed by atoms with Crippen LogP contribution in [0.3, 0.4) is 0 Å². The number of nitrogens with one attached hydrogen (secondary N) is 1. The van der Waals surface area contributed by atoms with E-state index in [4.69, 9.17) is 11.6 Å². The van der Waals surface area contributed by atoms with Crippen molar-refractivity contribution in [3.8, 4) is 0 Å². The van der Waals surface area contributed by atoms with E-state index in [-0.39, 0.29) is 30.0 Å². The zero-order valence-electron chi connectivity index (χ0n) is 10.5. The molecule has 0 radical (unpaired) electrons. The smallest absolute Gasteiger partial charge is 0.311 e. The first kappa shape index (κ1) is 12.8. The number of fused-ring (bicyclic) bond motifs is 1. The highest BCUT2D eigenvalue weighted by molar-refractivity contribution is 6.34. The number of ether oxygens (including phenoxy) is 1. The summed E-state index contributed by atoms with van der Waals surface area (Å²) < 4.78 is 4.65. The van der Waals surface area contributed by atoms with Gasteiger partial charge in [-0.1, -0.05) is 11.6 Å². The largest absolute Gasteiger partial charge is 0.469 e. The number of methoxy groups -OCH3 is 1. The van der Waals surface area contributed by atoms with Crippen molar-refractivity contribution < 1.29 is 14.3 Å². The van der Waals surface area contributed by atoms with Crippen LogP contribution >= 0.6 is 11.6 Å². The maximum absolute atomic E-state index is 12.0. The minimum Gasteiger partial charge on any atom is -0.469 e. The molecule has 3 heterocycles. The van der Waals surface area contributed by atoms with Gasteiger partial charge in [-0.15, -0.1) is 0 Å². The van der Waals surface area contributed by atoms with Gasteiger partial charge in [0.1, 0.15) is 5.15 Å². The van der Waals surface area contributed by atoms with Crippen LogP contribution in [-0.4, -0.2) is 45.7 Å². The summed E-state index contributed by atoms with van der Waals surface area (Å²) in [6.45, 7) is 0.182. The van der Waals surface area contributed by atoms with Gasteiger partial charge in [0, 0.05) is 13.0 Å². The van der Waals surface area contributed by atoms with Gasteiger partial charge in [0.25, 0.3) is 0 Å². The molecule has 1 aliphatic rings. The monoisotopic (exact) mass is 295 g/mol. The first-order valence-corrected chi connectivity index (χ1v) is 6.22. The molecule has 1 amide bonds. The van der Waals surface area contributed by atoms with Gasteiger partial charge >= 0.3 is 5.97 Å². The van der Waals surface area contributed by atoms with Crippen LogP contribution in [0.5, 0.6) is 0 Å². The predicted octanol–water partition coefficient (Wildman–Crippen LogP) is 0.532. The highest BCUT2D eigenvalue weighted by atomic mass is 35.5. The maximum atomic E-state index is 12.0. The van der Waals surface area contributed by atoms with Crippen LogP contribution in [0.4, 0.5) is 5.95 Å². The van der Waals surface area contributed by atoms with Crippen molar-refractivity contribution in [2.75, 3.05) is 18.6 Å². The number of carbonyl (C=O) groups excluding carboxylic acids is 2. The van der Waals surface area contributed by atoms with E-state index in [0.717, 1.165) is 0 Å². The van der Waals surface area contributed by atoms with Crippen molar-refractivity contribution in [3.63, 3.8) is 0 Å². The second kappa shape index (κ2) is 4.71. The molecule has 1 aliphatic heterocycles. The number of hydrogen-bond donors (Lipinski definition) is 1. The Morgan fingerprint density at radius 1 is 1.55 bits per heavy atom. The van der Waals surface area contributed by atoms with Crippen molar-refractivity contribution in [2.24, 2.45) is 5.92 Å². The normalized spacial score (nSPS) is 18.8. The summed E-state index contributed by atoms with van der Waals surface area (Å²) in [6.07, 6.45) is 1.58. The molecular formula is C11H10ClN5O3. The fourth-order valence-corrected chi connectivity index (χ4v) is 2.35. The second-order valence-corrected chi connectivity index (χ2v) is 4.73. The van der Waals surface area contributed by atoms with E-state index in [1.807, 2.05) is 0 Å². The van der Waals surface area contributed by atoms with Gasteiger partial charge < -0.3 is 4.74 Å². The van der Waals surface area contributed by atoms with Gasteiger partial charge in [-0.3, -0.25) is 19.6 Å². The zero-order valence-corrected chi connectivity index (χ0v) is 11.2. The number of amides is 1. The molecule has 1 N–H and O–H groups in total. The van der Waals surface area contributed by atoms with Gasteiger partial charge in [0.15, 0.2) is 5.65 Å². The molecule has 2 aromatic rings. The Bertz CT molecular complexity index is 700. The minimum absolute atomic E-state index is 0.0780. The lowest BCUT2D eigenvalue weighted by Gasteiger charge is -2.14. The first-order chi connectivity index (χ1) is 9.60. The van der Waals surface area contributed by atoms with Crippen molar-refractivity contribution in [2.45, 2.75) is 6.42 Å². The predicted molar refractivity (Wildman–Crippen MR) is 69.2 cm³/mol. The molecular weight excluding hydrogens is 286 g/mol. The fraction of sp³-hybridized carbons (Fsp3) is 0.364. The molecule has 1 atom stereocenters. The summed E-state index contributed by atoms with van der Waals surface area (Å²) in [6, 6.07) is 0. The molecule has 0 aliphatic carbocycles. The average molecular weight is 296 g/mol. The van der Waals surface area contributed by atoms with Crippen molar-refractivity contribution in [3.05, 3.63) is 11.3 Å². The molecule has 104 valence electrons.